The Bertz CT molecular complexity index is 806. The molecule has 102 valence electrons. The Hall–Kier alpha value is -2.57. The average molecular weight is 270 g/mol. The van der Waals surface area contributed by atoms with Crippen molar-refractivity contribution in [2.45, 2.75) is 19.4 Å². The van der Waals surface area contributed by atoms with Crippen molar-refractivity contribution in [3.05, 3.63) is 47.0 Å². The van der Waals surface area contributed by atoms with E-state index in [1.807, 2.05) is 20.0 Å². The molecule has 0 saturated heterocycles. The Morgan fingerprint density at radius 1 is 1.20 bits per heavy atom. The van der Waals surface area contributed by atoms with Crippen molar-refractivity contribution in [2.75, 3.05) is 0 Å². The number of rotatable bonds is 3. The summed E-state index contributed by atoms with van der Waals surface area (Å²) in [4.78, 5) is 24.9. The Kier molecular flexibility index (Phi) is 3.02. The van der Waals surface area contributed by atoms with E-state index >= 15 is 0 Å². The lowest BCUT2D eigenvalue weighted by Gasteiger charge is -2.18. The van der Waals surface area contributed by atoms with Crippen LogP contribution in [0.1, 0.15) is 25.1 Å². The van der Waals surface area contributed by atoms with Crippen LogP contribution < -0.4 is 5.56 Å². The Morgan fingerprint density at radius 2 is 2.00 bits per heavy atom. The van der Waals surface area contributed by atoms with E-state index in [0.717, 1.165) is 12.1 Å². The molecule has 0 aliphatic heterocycles. The van der Waals surface area contributed by atoms with Gasteiger partial charge in [-0.3, -0.25) is 14.0 Å². The standard InChI is InChI=1S/C13H14N6O/c1-3-9(10-4-5-17-18(10)2)19-8-16-12-11(13(19)20)14-6-7-15-12/h4-9H,3H2,1-2H3/t9-/m1/s1. The van der Waals surface area contributed by atoms with E-state index in [2.05, 4.69) is 20.1 Å². The number of fused-ring (bicyclic) bond motifs is 1. The van der Waals surface area contributed by atoms with Crippen LogP contribution >= 0.6 is 0 Å². The molecule has 0 aliphatic carbocycles. The second kappa shape index (κ2) is 4.84. The first-order chi connectivity index (χ1) is 9.72. The lowest BCUT2D eigenvalue weighted by Crippen LogP contribution is -2.27. The first-order valence-corrected chi connectivity index (χ1v) is 6.38. The maximum absolute atomic E-state index is 12.5. The Morgan fingerprint density at radius 3 is 2.70 bits per heavy atom. The van der Waals surface area contributed by atoms with Gasteiger partial charge < -0.3 is 0 Å². The quantitative estimate of drug-likeness (QED) is 0.707. The largest absolute Gasteiger partial charge is 0.288 e. The molecule has 0 aliphatic rings. The fourth-order valence-corrected chi connectivity index (χ4v) is 2.35. The van der Waals surface area contributed by atoms with Gasteiger partial charge in [0.15, 0.2) is 11.2 Å². The monoisotopic (exact) mass is 270 g/mol. The van der Waals surface area contributed by atoms with Gasteiger partial charge in [-0.2, -0.15) is 5.10 Å². The SMILES string of the molecule is CC[C@H](c1ccnn1C)n1cnc2nccnc2c1=O. The third kappa shape index (κ3) is 1.87. The zero-order chi connectivity index (χ0) is 14.1. The van der Waals surface area contributed by atoms with Gasteiger partial charge in [-0.25, -0.2) is 15.0 Å². The summed E-state index contributed by atoms with van der Waals surface area (Å²) in [6.45, 7) is 2.02. The van der Waals surface area contributed by atoms with Gasteiger partial charge in [0.05, 0.1) is 11.7 Å². The molecule has 20 heavy (non-hydrogen) atoms. The number of hydrogen-bond donors (Lipinski definition) is 0. The third-order valence-electron chi connectivity index (χ3n) is 3.34. The predicted octanol–water partition coefficient (Wildman–Crippen LogP) is 0.919. The van der Waals surface area contributed by atoms with Crippen molar-refractivity contribution in [3.8, 4) is 0 Å². The molecule has 0 aromatic carbocycles. The highest BCUT2D eigenvalue weighted by Crippen LogP contribution is 2.19. The van der Waals surface area contributed by atoms with Crippen LogP contribution in [0.3, 0.4) is 0 Å². The molecule has 1 atom stereocenters. The summed E-state index contributed by atoms with van der Waals surface area (Å²) >= 11 is 0. The second-order valence-electron chi connectivity index (χ2n) is 4.49. The molecule has 0 unspecified atom stereocenters. The molecule has 3 rings (SSSR count). The minimum Gasteiger partial charge on any atom is -0.288 e. The van der Waals surface area contributed by atoms with Gasteiger partial charge in [0.2, 0.25) is 0 Å². The summed E-state index contributed by atoms with van der Waals surface area (Å²) in [5.74, 6) is 0. The minimum atomic E-state index is -0.184. The molecule has 0 spiro atoms. The molecule has 0 saturated carbocycles. The molecule has 0 amide bonds. The van der Waals surface area contributed by atoms with E-state index < -0.39 is 0 Å². The summed E-state index contributed by atoms with van der Waals surface area (Å²) in [5.41, 5.74) is 1.43. The molecule has 7 nitrogen and oxygen atoms in total. The van der Waals surface area contributed by atoms with Crippen LogP contribution in [0, 0.1) is 0 Å². The zero-order valence-electron chi connectivity index (χ0n) is 11.3. The Labute approximate surface area is 114 Å². The summed E-state index contributed by atoms with van der Waals surface area (Å²) in [5, 5.41) is 4.16. The topological polar surface area (TPSA) is 78.5 Å². The van der Waals surface area contributed by atoms with E-state index in [9.17, 15) is 4.79 Å². The molecule has 3 aromatic heterocycles. The van der Waals surface area contributed by atoms with Crippen LogP contribution in [0.4, 0.5) is 0 Å². The lowest BCUT2D eigenvalue weighted by molar-refractivity contribution is 0.501. The van der Waals surface area contributed by atoms with Gasteiger partial charge in [0.1, 0.15) is 6.33 Å². The molecule has 0 radical (unpaired) electrons. The van der Waals surface area contributed by atoms with Crippen molar-refractivity contribution >= 4 is 11.2 Å². The molecular weight excluding hydrogens is 256 g/mol. The Balaban J connectivity index is 2.21. The van der Waals surface area contributed by atoms with Crippen molar-refractivity contribution in [3.63, 3.8) is 0 Å². The van der Waals surface area contributed by atoms with Crippen LogP contribution in [0.15, 0.2) is 35.8 Å². The van der Waals surface area contributed by atoms with E-state index in [0.29, 0.717) is 5.65 Å². The van der Waals surface area contributed by atoms with Crippen molar-refractivity contribution in [1.29, 1.82) is 0 Å². The third-order valence-corrected chi connectivity index (χ3v) is 3.34. The highest BCUT2D eigenvalue weighted by atomic mass is 16.1. The first kappa shape index (κ1) is 12.5. The van der Waals surface area contributed by atoms with E-state index in [1.54, 1.807) is 15.4 Å². The molecule has 0 bridgehead atoms. The van der Waals surface area contributed by atoms with Gasteiger partial charge in [-0.1, -0.05) is 6.92 Å². The van der Waals surface area contributed by atoms with Gasteiger partial charge in [-0.15, -0.1) is 0 Å². The average Bonchev–Trinajstić information content (AvgIpc) is 2.89. The number of hydrogen-bond acceptors (Lipinski definition) is 5. The molecule has 3 heterocycles. The van der Waals surface area contributed by atoms with Crippen molar-refractivity contribution < 1.29 is 0 Å². The fraction of sp³-hybridized carbons (Fsp3) is 0.308. The van der Waals surface area contributed by atoms with Crippen molar-refractivity contribution in [2.24, 2.45) is 7.05 Å². The van der Waals surface area contributed by atoms with E-state index in [-0.39, 0.29) is 17.1 Å². The van der Waals surface area contributed by atoms with E-state index in [4.69, 9.17) is 0 Å². The maximum atomic E-state index is 12.5. The van der Waals surface area contributed by atoms with Gasteiger partial charge >= 0.3 is 0 Å². The maximum Gasteiger partial charge on any atom is 0.282 e. The molecule has 3 aromatic rings. The highest BCUT2D eigenvalue weighted by molar-refractivity contribution is 5.67. The number of aryl methyl sites for hydroxylation is 1. The molecular formula is C13H14N6O. The smallest absolute Gasteiger partial charge is 0.282 e. The van der Waals surface area contributed by atoms with Crippen LogP contribution in [-0.2, 0) is 7.05 Å². The predicted molar refractivity (Wildman–Crippen MR) is 73.2 cm³/mol. The molecule has 0 fully saturated rings. The van der Waals surface area contributed by atoms with Crippen LogP contribution in [0.5, 0.6) is 0 Å². The first-order valence-electron chi connectivity index (χ1n) is 6.38. The van der Waals surface area contributed by atoms with Crippen LogP contribution in [0.2, 0.25) is 0 Å². The van der Waals surface area contributed by atoms with Gasteiger partial charge in [-0.05, 0) is 12.5 Å². The lowest BCUT2D eigenvalue weighted by atomic mass is 10.1. The van der Waals surface area contributed by atoms with E-state index in [1.165, 1.54) is 18.7 Å². The van der Waals surface area contributed by atoms with Gasteiger partial charge in [0.25, 0.3) is 5.56 Å². The fourth-order valence-electron chi connectivity index (χ4n) is 2.35. The molecule has 7 heteroatoms. The summed E-state index contributed by atoms with van der Waals surface area (Å²) in [6.07, 6.45) is 7.03. The number of aromatic nitrogens is 6. The summed E-state index contributed by atoms with van der Waals surface area (Å²) in [7, 11) is 1.86. The van der Waals surface area contributed by atoms with Crippen LogP contribution in [0.25, 0.3) is 11.2 Å². The molecule has 0 N–H and O–H groups in total. The highest BCUT2D eigenvalue weighted by Gasteiger charge is 2.18. The normalized spacial score (nSPS) is 12.7. The van der Waals surface area contributed by atoms with Crippen LogP contribution in [-0.4, -0.2) is 29.3 Å². The van der Waals surface area contributed by atoms with Crippen molar-refractivity contribution in [1.82, 2.24) is 29.3 Å². The second-order valence-corrected chi connectivity index (χ2v) is 4.49. The van der Waals surface area contributed by atoms with Gasteiger partial charge in [0, 0.05) is 25.6 Å². The number of nitrogens with zero attached hydrogens (tertiary/aromatic N) is 6. The summed E-state index contributed by atoms with van der Waals surface area (Å²) < 4.78 is 3.36. The summed E-state index contributed by atoms with van der Waals surface area (Å²) in [6, 6.07) is 1.79. The minimum absolute atomic E-state index is 0.117. The zero-order valence-corrected chi connectivity index (χ0v) is 11.3.